The van der Waals surface area contributed by atoms with Gasteiger partial charge < -0.3 is 5.11 Å². The Kier molecular flexibility index (Phi) is 5.75. The molecule has 1 aromatic rings. The smallest absolute Gasteiger partial charge is 0.234 e. The quantitative estimate of drug-likeness (QED) is 0.723. The van der Waals surface area contributed by atoms with E-state index in [9.17, 15) is 14.7 Å². The van der Waals surface area contributed by atoms with Gasteiger partial charge in [-0.1, -0.05) is 64.3 Å². The Morgan fingerprint density at radius 3 is 2.22 bits per heavy atom. The van der Waals surface area contributed by atoms with Crippen LogP contribution in [0.3, 0.4) is 0 Å². The molecule has 2 rings (SSSR count). The highest BCUT2D eigenvalue weighted by molar-refractivity contribution is 6.52. The van der Waals surface area contributed by atoms with Crippen molar-refractivity contribution in [1.29, 1.82) is 0 Å². The van der Waals surface area contributed by atoms with Gasteiger partial charge in [0.25, 0.3) is 0 Å². The second-order valence-electron chi connectivity index (χ2n) is 7.00. The van der Waals surface area contributed by atoms with Gasteiger partial charge >= 0.3 is 0 Å². The molecule has 1 aromatic carbocycles. The Morgan fingerprint density at radius 1 is 0.913 bits per heavy atom. The van der Waals surface area contributed by atoms with Crippen molar-refractivity contribution in [3.63, 3.8) is 0 Å². The second kappa shape index (κ2) is 7.58. The summed E-state index contributed by atoms with van der Waals surface area (Å²) >= 11 is 0. The van der Waals surface area contributed by atoms with Crippen LogP contribution in [0.25, 0.3) is 5.76 Å². The molecule has 124 valence electrons. The first-order valence-electron chi connectivity index (χ1n) is 8.52. The van der Waals surface area contributed by atoms with E-state index in [-0.39, 0.29) is 11.3 Å². The third-order valence-electron chi connectivity index (χ3n) is 4.56. The number of benzene rings is 1. The molecule has 0 saturated heterocycles. The summed E-state index contributed by atoms with van der Waals surface area (Å²) in [5.41, 5.74) is 1.08. The van der Waals surface area contributed by atoms with Crippen molar-refractivity contribution in [2.45, 2.75) is 52.9 Å². The van der Waals surface area contributed by atoms with E-state index in [0.717, 1.165) is 12.8 Å². The lowest BCUT2D eigenvalue weighted by Crippen LogP contribution is -2.24. The number of aliphatic hydroxyl groups excluding tert-OH is 1. The summed E-state index contributed by atoms with van der Waals surface area (Å²) in [4.78, 5) is 24.4. The number of hydrogen-bond donors (Lipinski definition) is 1. The fourth-order valence-corrected chi connectivity index (χ4v) is 3.06. The molecule has 1 aliphatic rings. The zero-order chi connectivity index (χ0) is 17.0. The predicted molar refractivity (Wildman–Crippen MR) is 92.4 cm³/mol. The van der Waals surface area contributed by atoms with Gasteiger partial charge in [-0.05, 0) is 24.7 Å². The van der Waals surface area contributed by atoms with Crippen LogP contribution >= 0.6 is 0 Å². The average molecular weight is 314 g/mol. The summed E-state index contributed by atoms with van der Waals surface area (Å²) < 4.78 is 0. The molecule has 1 aliphatic carbocycles. The number of aliphatic hydroxyl groups is 1. The van der Waals surface area contributed by atoms with E-state index in [2.05, 4.69) is 20.8 Å². The number of ketones is 2. The standard InChI is InChI=1S/C20H26O3/c1-13(2)7-6-8-14(3)11-12-17-18(21)15-9-4-5-10-16(15)19(22)20(17)23/h4-5,9-10,13-14,21H,6-8,11-12H2,1-3H3/t14-/m1/s1. The first-order chi connectivity index (χ1) is 10.9. The van der Waals surface area contributed by atoms with E-state index in [0.29, 0.717) is 29.4 Å². The normalized spacial score (nSPS) is 16.0. The van der Waals surface area contributed by atoms with E-state index in [1.165, 1.54) is 12.8 Å². The van der Waals surface area contributed by atoms with Crippen LogP contribution in [0.4, 0.5) is 0 Å². The first-order valence-corrected chi connectivity index (χ1v) is 8.52. The minimum Gasteiger partial charge on any atom is -0.507 e. The molecular formula is C20H26O3. The Bertz CT molecular complexity index is 626. The van der Waals surface area contributed by atoms with Gasteiger partial charge in [-0.2, -0.15) is 0 Å². The minimum absolute atomic E-state index is 0.0143. The highest BCUT2D eigenvalue weighted by atomic mass is 16.3. The van der Waals surface area contributed by atoms with Crippen LogP contribution in [0.15, 0.2) is 29.8 Å². The van der Waals surface area contributed by atoms with Crippen LogP contribution in [0, 0.1) is 11.8 Å². The molecule has 0 heterocycles. The van der Waals surface area contributed by atoms with Gasteiger partial charge in [0.1, 0.15) is 5.76 Å². The van der Waals surface area contributed by atoms with Crippen LogP contribution in [-0.4, -0.2) is 16.7 Å². The van der Waals surface area contributed by atoms with Crippen LogP contribution in [0.1, 0.15) is 68.8 Å². The molecule has 1 atom stereocenters. The number of hydrogen-bond acceptors (Lipinski definition) is 3. The molecule has 0 fully saturated rings. The van der Waals surface area contributed by atoms with Crippen molar-refractivity contribution < 1.29 is 14.7 Å². The summed E-state index contributed by atoms with van der Waals surface area (Å²) in [5, 5.41) is 10.4. The highest BCUT2D eigenvalue weighted by Gasteiger charge is 2.32. The van der Waals surface area contributed by atoms with Gasteiger partial charge in [0.2, 0.25) is 11.6 Å². The van der Waals surface area contributed by atoms with Crippen LogP contribution < -0.4 is 0 Å². The lowest BCUT2D eigenvalue weighted by Gasteiger charge is -2.19. The van der Waals surface area contributed by atoms with Gasteiger partial charge in [-0.15, -0.1) is 0 Å². The van der Waals surface area contributed by atoms with Crippen molar-refractivity contribution in [2.24, 2.45) is 11.8 Å². The number of allylic oxidation sites excluding steroid dienone is 1. The van der Waals surface area contributed by atoms with Crippen molar-refractivity contribution >= 4 is 17.3 Å². The van der Waals surface area contributed by atoms with Crippen molar-refractivity contribution in [3.8, 4) is 0 Å². The van der Waals surface area contributed by atoms with E-state index >= 15 is 0 Å². The van der Waals surface area contributed by atoms with E-state index < -0.39 is 11.6 Å². The molecule has 3 heteroatoms. The van der Waals surface area contributed by atoms with Crippen LogP contribution in [0.5, 0.6) is 0 Å². The van der Waals surface area contributed by atoms with Gasteiger partial charge in [0.15, 0.2) is 0 Å². The molecule has 0 unspecified atom stereocenters. The van der Waals surface area contributed by atoms with Gasteiger partial charge in [-0.25, -0.2) is 0 Å². The SMILES string of the molecule is CC(C)CCC[C@@H](C)CCC1=C(O)c2ccccc2C(=O)C1=O. The predicted octanol–water partition coefficient (Wildman–Crippen LogP) is 4.96. The lowest BCUT2D eigenvalue weighted by atomic mass is 9.85. The molecule has 0 amide bonds. The number of Topliss-reactive ketones (excluding diaryl/α,β-unsaturated/α-hetero) is 2. The molecule has 3 nitrogen and oxygen atoms in total. The highest BCUT2D eigenvalue weighted by Crippen LogP contribution is 2.31. The number of carbonyl (C=O) groups is 2. The summed E-state index contributed by atoms with van der Waals surface area (Å²) in [6, 6.07) is 6.77. The minimum atomic E-state index is -0.546. The number of rotatable bonds is 7. The summed E-state index contributed by atoms with van der Waals surface area (Å²) in [6.07, 6.45) is 4.79. The molecule has 0 aromatic heterocycles. The molecule has 0 bridgehead atoms. The average Bonchev–Trinajstić information content (AvgIpc) is 2.52. The molecule has 23 heavy (non-hydrogen) atoms. The maximum Gasteiger partial charge on any atom is 0.234 e. The van der Waals surface area contributed by atoms with Crippen LogP contribution in [-0.2, 0) is 4.79 Å². The van der Waals surface area contributed by atoms with Gasteiger partial charge in [0, 0.05) is 16.7 Å². The monoisotopic (exact) mass is 314 g/mol. The molecule has 1 N–H and O–H groups in total. The third kappa shape index (κ3) is 4.10. The van der Waals surface area contributed by atoms with Crippen molar-refractivity contribution in [2.75, 3.05) is 0 Å². The number of fused-ring (bicyclic) bond motifs is 1. The van der Waals surface area contributed by atoms with E-state index in [1.807, 2.05) is 0 Å². The van der Waals surface area contributed by atoms with Crippen molar-refractivity contribution in [1.82, 2.24) is 0 Å². The molecule has 0 saturated carbocycles. The number of carbonyl (C=O) groups excluding carboxylic acids is 2. The fraction of sp³-hybridized carbons (Fsp3) is 0.500. The third-order valence-corrected chi connectivity index (χ3v) is 4.56. The molecule has 0 spiro atoms. The topological polar surface area (TPSA) is 54.4 Å². The first kappa shape index (κ1) is 17.5. The largest absolute Gasteiger partial charge is 0.507 e. The Labute approximate surface area is 138 Å². The summed E-state index contributed by atoms with van der Waals surface area (Å²) in [7, 11) is 0. The maximum atomic E-state index is 12.2. The Morgan fingerprint density at radius 2 is 1.57 bits per heavy atom. The summed E-state index contributed by atoms with van der Waals surface area (Å²) in [5.74, 6) is 0.133. The van der Waals surface area contributed by atoms with E-state index in [1.54, 1.807) is 24.3 Å². The maximum absolute atomic E-state index is 12.2. The fourth-order valence-electron chi connectivity index (χ4n) is 3.06. The molecule has 0 aliphatic heterocycles. The van der Waals surface area contributed by atoms with Crippen LogP contribution in [0.2, 0.25) is 0 Å². The lowest BCUT2D eigenvalue weighted by molar-refractivity contribution is -0.112. The second-order valence-corrected chi connectivity index (χ2v) is 7.00. The zero-order valence-corrected chi connectivity index (χ0v) is 14.3. The zero-order valence-electron chi connectivity index (χ0n) is 14.3. The van der Waals surface area contributed by atoms with E-state index in [4.69, 9.17) is 0 Å². The molecule has 0 radical (unpaired) electrons. The Hall–Kier alpha value is -1.90. The summed E-state index contributed by atoms with van der Waals surface area (Å²) in [6.45, 7) is 6.61. The Balaban J connectivity index is 2.04. The van der Waals surface area contributed by atoms with Crippen molar-refractivity contribution in [3.05, 3.63) is 41.0 Å². The van der Waals surface area contributed by atoms with Gasteiger partial charge in [-0.3, -0.25) is 9.59 Å². The molecular weight excluding hydrogens is 288 g/mol. The van der Waals surface area contributed by atoms with Gasteiger partial charge in [0.05, 0.1) is 0 Å².